The summed E-state index contributed by atoms with van der Waals surface area (Å²) in [7, 11) is -1.93. The lowest BCUT2D eigenvalue weighted by Crippen LogP contribution is -2.15. The third kappa shape index (κ3) is 3.13. The smallest absolute Gasteiger partial charge is 0.263 e. The summed E-state index contributed by atoms with van der Waals surface area (Å²) in [5.41, 5.74) is 0.520. The van der Waals surface area contributed by atoms with E-state index in [4.69, 9.17) is 0 Å². The van der Waals surface area contributed by atoms with Crippen molar-refractivity contribution in [3.8, 4) is 0 Å². The van der Waals surface area contributed by atoms with E-state index in [9.17, 15) is 8.42 Å². The average Bonchev–Trinajstić information content (AvgIpc) is 2.26. The molecule has 0 atom stereocenters. The molecule has 0 aliphatic heterocycles. The molecule has 1 aromatic carbocycles. The predicted octanol–water partition coefficient (Wildman–Crippen LogP) is 1.68. The molecule has 0 aromatic heterocycles. The van der Waals surface area contributed by atoms with Gasteiger partial charge in [-0.15, -0.1) is 0 Å². The van der Waals surface area contributed by atoms with Crippen molar-refractivity contribution in [2.75, 3.05) is 11.8 Å². The Morgan fingerprint density at radius 2 is 1.94 bits per heavy atom. The molecular weight excluding hydrogens is 224 g/mol. The van der Waals surface area contributed by atoms with Crippen LogP contribution < -0.4 is 10.0 Å². The molecule has 0 spiro atoms. The van der Waals surface area contributed by atoms with Crippen molar-refractivity contribution in [1.29, 1.82) is 0 Å². The molecule has 0 saturated heterocycles. The number of rotatable bonds is 5. The van der Waals surface area contributed by atoms with Crippen molar-refractivity contribution in [1.82, 2.24) is 5.32 Å². The van der Waals surface area contributed by atoms with Gasteiger partial charge < -0.3 is 5.32 Å². The van der Waals surface area contributed by atoms with Gasteiger partial charge in [-0.25, -0.2) is 8.42 Å². The molecule has 0 unspecified atom stereocenters. The summed E-state index contributed by atoms with van der Waals surface area (Å²) < 4.78 is 26.1. The minimum atomic E-state index is -3.56. The van der Waals surface area contributed by atoms with Crippen LogP contribution in [0.25, 0.3) is 0 Å². The SMILES string of the molecule is C=C/C(=C\NC)S(=O)(=O)Nc1ccccc1. The Balaban J connectivity index is 2.96. The van der Waals surface area contributed by atoms with Crippen LogP contribution in [0.1, 0.15) is 0 Å². The van der Waals surface area contributed by atoms with Crippen LogP contribution in [0, 0.1) is 0 Å². The van der Waals surface area contributed by atoms with Crippen molar-refractivity contribution in [2.45, 2.75) is 0 Å². The van der Waals surface area contributed by atoms with Crippen LogP contribution in [0.3, 0.4) is 0 Å². The zero-order chi connectivity index (χ0) is 12.0. The van der Waals surface area contributed by atoms with Gasteiger partial charge in [0.1, 0.15) is 4.91 Å². The molecule has 16 heavy (non-hydrogen) atoms. The summed E-state index contributed by atoms with van der Waals surface area (Å²) in [6.07, 6.45) is 2.65. The molecule has 0 saturated carbocycles. The number of hydrogen-bond donors (Lipinski definition) is 2. The topological polar surface area (TPSA) is 58.2 Å². The van der Waals surface area contributed by atoms with Gasteiger partial charge in [0.05, 0.1) is 0 Å². The molecule has 2 N–H and O–H groups in total. The Kier molecular flexibility index (Phi) is 4.13. The van der Waals surface area contributed by atoms with Crippen LogP contribution in [-0.2, 0) is 10.0 Å². The van der Waals surface area contributed by atoms with Crippen LogP contribution in [-0.4, -0.2) is 15.5 Å². The molecular formula is C11H14N2O2S. The highest BCUT2D eigenvalue weighted by molar-refractivity contribution is 7.96. The summed E-state index contributed by atoms with van der Waals surface area (Å²) >= 11 is 0. The van der Waals surface area contributed by atoms with Crippen LogP contribution in [0.5, 0.6) is 0 Å². The van der Waals surface area contributed by atoms with Gasteiger partial charge in [-0.3, -0.25) is 4.72 Å². The van der Waals surface area contributed by atoms with Gasteiger partial charge in [-0.05, 0) is 18.2 Å². The molecule has 4 nitrogen and oxygen atoms in total. The van der Waals surface area contributed by atoms with E-state index in [1.165, 1.54) is 12.3 Å². The van der Waals surface area contributed by atoms with E-state index in [0.29, 0.717) is 5.69 Å². The predicted molar refractivity (Wildman–Crippen MR) is 66.3 cm³/mol. The second kappa shape index (κ2) is 5.37. The quantitative estimate of drug-likeness (QED) is 0.767. The van der Waals surface area contributed by atoms with E-state index in [0.717, 1.165) is 0 Å². The third-order valence-corrected chi connectivity index (χ3v) is 3.23. The second-order valence-corrected chi connectivity index (χ2v) is 4.69. The summed E-state index contributed by atoms with van der Waals surface area (Å²) in [5.74, 6) is 0. The van der Waals surface area contributed by atoms with Crippen LogP contribution >= 0.6 is 0 Å². The summed E-state index contributed by atoms with van der Waals surface area (Å²) in [6.45, 7) is 3.46. The molecule has 0 fully saturated rings. The maximum absolute atomic E-state index is 11.8. The lowest BCUT2D eigenvalue weighted by molar-refractivity contribution is 0.607. The monoisotopic (exact) mass is 238 g/mol. The van der Waals surface area contributed by atoms with Gasteiger partial charge in [0.25, 0.3) is 10.0 Å². The first-order valence-corrected chi connectivity index (χ1v) is 6.16. The minimum Gasteiger partial charge on any atom is -0.393 e. The van der Waals surface area contributed by atoms with Crippen LogP contribution in [0.2, 0.25) is 0 Å². The highest BCUT2D eigenvalue weighted by Gasteiger charge is 2.14. The van der Waals surface area contributed by atoms with E-state index in [1.807, 2.05) is 6.07 Å². The van der Waals surface area contributed by atoms with Crippen molar-refractivity contribution >= 4 is 15.7 Å². The molecule has 5 heteroatoms. The Hall–Kier alpha value is -1.75. The minimum absolute atomic E-state index is 0.0962. The van der Waals surface area contributed by atoms with Gasteiger partial charge in [0, 0.05) is 18.9 Å². The number of hydrogen-bond acceptors (Lipinski definition) is 3. The fourth-order valence-corrected chi connectivity index (χ4v) is 2.17. The molecule has 0 aliphatic carbocycles. The fraction of sp³-hybridized carbons (Fsp3) is 0.0909. The molecule has 0 bridgehead atoms. The van der Waals surface area contributed by atoms with Gasteiger partial charge in [-0.2, -0.15) is 0 Å². The number of anilines is 1. The lowest BCUT2D eigenvalue weighted by Gasteiger charge is -2.08. The number of para-hydroxylation sites is 1. The average molecular weight is 238 g/mol. The highest BCUT2D eigenvalue weighted by atomic mass is 32.2. The highest BCUT2D eigenvalue weighted by Crippen LogP contribution is 2.13. The molecule has 0 radical (unpaired) electrons. The third-order valence-electron chi connectivity index (χ3n) is 1.82. The number of sulfonamides is 1. The first kappa shape index (κ1) is 12.3. The van der Waals surface area contributed by atoms with E-state index >= 15 is 0 Å². The maximum atomic E-state index is 11.8. The van der Waals surface area contributed by atoms with Crippen LogP contribution in [0.4, 0.5) is 5.69 Å². The molecule has 0 heterocycles. The van der Waals surface area contributed by atoms with Crippen LogP contribution in [0.15, 0.2) is 54.1 Å². The van der Waals surface area contributed by atoms with Crippen molar-refractivity contribution in [2.24, 2.45) is 0 Å². The molecule has 1 rings (SSSR count). The Morgan fingerprint density at radius 1 is 1.31 bits per heavy atom. The lowest BCUT2D eigenvalue weighted by atomic mass is 10.3. The van der Waals surface area contributed by atoms with Crippen molar-refractivity contribution in [3.63, 3.8) is 0 Å². The van der Waals surface area contributed by atoms with Gasteiger partial charge in [-0.1, -0.05) is 24.8 Å². The molecule has 0 aliphatic rings. The van der Waals surface area contributed by atoms with E-state index in [-0.39, 0.29) is 4.91 Å². The van der Waals surface area contributed by atoms with Gasteiger partial charge in [0.15, 0.2) is 0 Å². The summed E-state index contributed by atoms with van der Waals surface area (Å²) in [6, 6.07) is 8.69. The first-order valence-electron chi connectivity index (χ1n) is 4.68. The maximum Gasteiger partial charge on any atom is 0.263 e. The molecule has 86 valence electrons. The Morgan fingerprint density at radius 3 is 2.44 bits per heavy atom. The summed E-state index contributed by atoms with van der Waals surface area (Å²) in [4.78, 5) is 0.0962. The zero-order valence-corrected chi connectivity index (χ0v) is 9.79. The number of benzene rings is 1. The molecule has 1 aromatic rings. The standard InChI is InChI=1S/C11H14N2O2S/c1-3-11(9-12-2)16(14,15)13-10-7-5-4-6-8-10/h3-9,12-13H,1H2,2H3/b11-9+. The van der Waals surface area contributed by atoms with E-state index < -0.39 is 10.0 Å². The largest absolute Gasteiger partial charge is 0.393 e. The fourth-order valence-electron chi connectivity index (χ4n) is 1.11. The van der Waals surface area contributed by atoms with Crippen molar-refractivity contribution < 1.29 is 8.42 Å². The normalized spacial score (nSPS) is 11.9. The van der Waals surface area contributed by atoms with Gasteiger partial charge in [0.2, 0.25) is 0 Å². The number of nitrogens with one attached hydrogen (secondary N) is 2. The molecule has 0 amide bonds. The zero-order valence-electron chi connectivity index (χ0n) is 8.97. The Labute approximate surface area is 95.7 Å². The Bertz CT molecular complexity index is 478. The van der Waals surface area contributed by atoms with E-state index in [2.05, 4.69) is 16.6 Å². The van der Waals surface area contributed by atoms with Gasteiger partial charge >= 0.3 is 0 Å². The van der Waals surface area contributed by atoms with E-state index in [1.54, 1.807) is 31.3 Å². The number of allylic oxidation sites excluding steroid dienone is 1. The van der Waals surface area contributed by atoms with Crippen molar-refractivity contribution in [3.05, 3.63) is 54.1 Å². The first-order chi connectivity index (χ1) is 7.60. The second-order valence-electron chi connectivity index (χ2n) is 3.01. The summed E-state index contributed by atoms with van der Waals surface area (Å²) in [5, 5.41) is 2.66.